The number of esters is 1. The predicted octanol–water partition coefficient (Wildman–Crippen LogP) is 2.27. The molecule has 18 heavy (non-hydrogen) atoms. The molecule has 1 amide bonds. The molecule has 0 saturated heterocycles. The third-order valence-corrected chi connectivity index (χ3v) is 3.69. The average molecular weight is 255 g/mol. The highest BCUT2D eigenvalue weighted by atomic mass is 16.5. The van der Waals surface area contributed by atoms with Crippen molar-refractivity contribution in [2.45, 2.75) is 51.9 Å². The Bertz CT molecular complexity index is 272. The zero-order chi connectivity index (χ0) is 13.4. The van der Waals surface area contributed by atoms with Crippen molar-refractivity contribution >= 4 is 11.9 Å². The van der Waals surface area contributed by atoms with Gasteiger partial charge in [0.05, 0.1) is 13.0 Å². The van der Waals surface area contributed by atoms with Gasteiger partial charge in [0, 0.05) is 13.0 Å². The van der Waals surface area contributed by atoms with Crippen molar-refractivity contribution in [1.29, 1.82) is 0 Å². The van der Waals surface area contributed by atoms with Gasteiger partial charge in [0.1, 0.15) is 0 Å². The lowest BCUT2D eigenvalue weighted by Crippen LogP contribution is -2.29. The van der Waals surface area contributed by atoms with E-state index in [1.807, 2.05) is 0 Å². The van der Waals surface area contributed by atoms with Crippen LogP contribution < -0.4 is 5.32 Å². The maximum atomic E-state index is 11.6. The van der Waals surface area contributed by atoms with E-state index in [0.717, 1.165) is 18.9 Å². The molecule has 1 N–H and O–H groups in total. The zero-order valence-corrected chi connectivity index (χ0v) is 11.5. The van der Waals surface area contributed by atoms with Crippen LogP contribution in [0.2, 0.25) is 0 Å². The minimum Gasteiger partial charge on any atom is -0.469 e. The van der Waals surface area contributed by atoms with Crippen molar-refractivity contribution in [3.8, 4) is 0 Å². The quantitative estimate of drug-likeness (QED) is 0.741. The molecule has 1 atom stereocenters. The Morgan fingerprint density at radius 3 is 2.56 bits per heavy atom. The largest absolute Gasteiger partial charge is 0.469 e. The fourth-order valence-corrected chi connectivity index (χ4v) is 2.53. The van der Waals surface area contributed by atoms with Crippen LogP contribution in [0.4, 0.5) is 0 Å². The van der Waals surface area contributed by atoms with Gasteiger partial charge in [-0.25, -0.2) is 0 Å². The van der Waals surface area contributed by atoms with Crippen molar-refractivity contribution in [1.82, 2.24) is 5.32 Å². The van der Waals surface area contributed by atoms with E-state index in [4.69, 9.17) is 0 Å². The lowest BCUT2D eigenvalue weighted by Gasteiger charge is -2.21. The summed E-state index contributed by atoms with van der Waals surface area (Å²) in [5.74, 6) is 0.0444. The fourth-order valence-electron chi connectivity index (χ4n) is 2.53. The molecular formula is C14H25NO3. The van der Waals surface area contributed by atoms with E-state index in [2.05, 4.69) is 10.1 Å². The molecule has 1 unspecified atom stereocenters. The Labute approximate surface area is 109 Å². The molecule has 1 aliphatic rings. The van der Waals surface area contributed by atoms with Crippen LogP contribution in [0.5, 0.6) is 0 Å². The highest BCUT2D eigenvalue weighted by Gasteiger charge is 2.18. The molecule has 0 spiro atoms. The molecule has 1 fully saturated rings. The predicted molar refractivity (Wildman–Crippen MR) is 70.0 cm³/mol. The van der Waals surface area contributed by atoms with E-state index >= 15 is 0 Å². The summed E-state index contributed by atoms with van der Waals surface area (Å²) in [7, 11) is 1.35. The second kappa shape index (κ2) is 8.11. The zero-order valence-electron chi connectivity index (χ0n) is 11.5. The molecule has 4 nitrogen and oxygen atoms in total. The molecule has 0 radical (unpaired) electrons. The molecule has 0 aromatic rings. The van der Waals surface area contributed by atoms with Crippen LogP contribution >= 0.6 is 0 Å². The Kier molecular flexibility index (Phi) is 6.76. The third kappa shape index (κ3) is 5.52. The Hall–Kier alpha value is -1.06. The van der Waals surface area contributed by atoms with E-state index in [-0.39, 0.29) is 24.2 Å². The number of nitrogens with one attached hydrogen (secondary N) is 1. The minimum atomic E-state index is -0.357. The summed E-state index contributed by atoms with van der Waals surface area (Å²) in [6, 6.07) is 0. The number of methoxy groups -OCH3 is 1. The second-order valence-corrected chi connectivity index (χ2v) is 5.27. The van der Waals surface area contributed by atoms with Crippen LogP contribution in [0.3, 0.4) is 0 Å². The number of carbonyl (C=O) groups excluding carboxylic acids is 2. The molecule has 104 valence electrons. The lowest BCUT2D eigenvalue weighted by molar-refractivity contribution is -0.146. The first kappa shape index (κ1) is 15.0. The van der Waals surface area contributed by atoms with Crippen LogP contribution in [0.25, 0.3) is 0 Å². The molecule has 4 heteroatoms. The number of hydrogen-bond acceptors (Lipinski definition) is 3. The number of hydrogen-bond donors (Lipinski definition) is 1. The number of rotatable bonds is 6. The van der Waals surface area contributed by atoms with E-state index in [0.29, 0.717) is 0 Å². The van der Waals surface area contributed by atoms with Crippen molar-refractivity contribution in [3.63, 3.8) is 0 Å². The molecule has 1 rings (SSSR count). The van der Waals surface area contributed by atoms with Crippen molar-refractivity contribution in [2.75, 3.05) is 13.7 Å². The van der Waals surface area contributed by atoms with Crippen LogP contribution in [0.1, 0.15) is 51.9 Å². The normalized spacial score (nSPS) is 18.1. The molecule has 1 aliphatic carbocycles. The maximum Gasteiger partial charge on any atom is 0.308 e. The first-order valence-corrected chi connectivity index (χ1v) is 6.98. The van der Waals surface area contributed by atoms with E-state index in [1.54, 1.807) is 6.92 Å². The third-order valence-electron chi connectivity index (χ3n) is 3.69. The summed E-state index contributed by atoms with van der Waals surface area (Å²) in [5, 5.41) is 2.89. The van der Waals surface area contributed by atoms with E-state index < -0.39 is 0 Å². The van der Waals surface area contributed by atoms with Gasteiger partial charge in [-0.3, -0.25) is 9.59 Å². The van der Waals surface area contributed by atoms with Crippen molar-refractivity contribution < 1.29 is 14.3 Å². The van der Waals surface area contributed by atoms with Gasteiger partial charge in [-0.1, -0.05) is 39.0 Å². The minimum absolute atomic E-state index is 0.0521. The number of carbonyl (C=O) groups is 2. The highest BCUT2D eigenvalue weighted by Crippen LogP contribution is 2.25. The summed E-state index contributed by atoms with van der Waals surface area (Å²) in [5.41, 5.74) is 0. The first-order valence-electron chi connectivity index (χ1n) is 6.98. The van der Waals surface area contributed by atoms with Crippen molar-refractivity contribution in [2.24, 2.45) is 11.8 Å². The lowest BCUT2D eigenvalue weighted by atomic mass is 9.87. The van der Waals surface area contributed by atoms with Gasteiger partial charge in [-0.15, -0.1) is 0 Å². The van der Waals surface area contributed by atoms with Crippen LogP contribution in [-0.4, -0.2) is 25.5 Å². The molecule has 0 heterocycles. The number of ether oxygens (including phenoxy) is 1. The standard InChI is InChI=1S/C14H25NO3/c1-11(14(17)18-2)10-13(16)15-9-8-12-6-4-3-5-7-12/h11-12H,3-10H2,1-2H3,(H,15,16). The summed E-state index contributed by atoms with van der Waals surface area (Å²) < 4.78 is 4.59. The Balaban J connectivity index is 2.11. The molecule has 0 aliphatic heterocycles. The molecular weight excluding hydrogens is 230 g/mol. The van der Waals surface area contributed by atoms with Gasteiger partial charge in [-0.2, -0.15) is 0 Å². The highest BCUT2D eigenvalue weighted by molar-refractivity contribution is 5.82. The van der Waals surface area contributed by atoms with E-state index in [1.165, 1.54) is 39.2 Å². The van der Waals surface area contributed by atoms with Crippen LogP contribution in [0, 0.1) is 11.8 Å². The number of amides is 1. The van der Waals surface area contributed by atoms with Crippen LogP contribution in [-0.2, 0) is 14.3 Å². The summed E-state index contributed by atoms with van der Waals surface area (Å²) in [6.45, 7) is 2.45. The molecule has 0 aromatic heterocycles. The second-order valence-electron chi connectivity index (χ2n) is 5.27. The summed E-state index contributed by atoms with van der Waals surface area (Å²) in [4.78, 5) is 22.8. The Morgan fingerprint density at radius 2 is 1.94 bits per heavy atom. The summed E-state index contributed by atoms with van der Waals surface area (Å²) >= 11 is 0. The fraction of sp³-hybridized carbons (Fsp3) is 0.857. The topological polar surface area (TPSA) is 55.4 Å². The SMILES string of the molecule is COC(=O)C(C)CC(=O)NCCC1CCCCC1. The first-order chi connectivity index (χ1) is 8.63. The molecule has 0 aromatic carbocycles. The van der Waals surface area contributed by atoms with Gasteiger partial charge < -0.3 is 10.1 Å². The van der Waals surface area contributed by atoms with Gasteiger partial charge in [0.15, 0.2) is 0 Å². The van der Waals surface area contributed by atoms with Gasteiger partial charge in [0.25, 0.3) is 0 Å². The molecule has 0 bridgehead atoms. The monoisotopic (exact) mass is 255 g/mol. The van der Waals surface area contributed by atoms with Gasteiger partial charge in [0.2, 0.25) is 5.91 Å². The Morgan fingerprint density at radius 1 is 1.28 bits per heavy atom. The molecule has 1 saturated carbocycles. The maximum absolute atomic E-state index is 11.6. The van der Waals surface area contributed by atoms with Crippen molar-refractivity contribution in [3.05, 3.63) is 0 Å². The smallest absolute Gasteiger partial charge is 0.308 e. The van der Waals surface area contributed by atoms with Gasteiger partial charge in [-0.05, 0) is 12.3 Å². The van der Waals surface area contributed by atoms with Crippen LogP contribution in [0.15, 0.2) is 0 Å². The van der Waals surface area contributed by atoms with E-state index in [9.17, 15) is 9.59 Å². The summed E-state index contributed by atoms with van der Waals surface area (Å²) in [6.07, 6.45) is 7.91. The average Bonchev–Trinajstić information content (AvgIpc) is 2.38. The van der Waals surface area contributed by atoms with Gasteiger partial charge >= 0.3 is 5.97 Å².